The van der Waals surface area contributed by atoms with Crippen LogP contribution in [0.15, 0.2) is 18.7 Å². The lowest BCUT2D eigenvalue weighted by Gasteiger charge is -2.40. The van der Waals surface area contributed by atoms with Gasteiger partial charge >= 0.3 is 12.4 Å². The fourth-order valence-corrected chi connectivity index (χ4v) is 4.91. The molecule has 4 rings (SSSR count). The van der Waals surface area contributed by atoms with Crippen LogP contribution in [0.5, 0.6) is 0 Å². The van der Waals surface area contributed by atoms with Crippen molar-refractivity contribution in [2.45, 2.75) is 51.6 Å². The summed E-state index contributed by atoms with van der Waals surface area (Å²) >= 11 is 0.385. The first-order valence-electron chi connectivity index (χ1n) is 11.3. The number of amides is 1. The minimum atomic E-state index is -4.79. The van der Waals surface area contributed by atoms with Gasteiger partial charge in [0.25, 0.3) is 0 Å². The van der Waals surface area contributed by atoms with Crippen LogP contribution in [0.1, 0.15) is 36.9 Å². The number of anilines is 1. The molecule has 0 aliphatic carbocycles. The van der Waals surface area contributed by atoms with E-state index in [0.29, 0.717) is 23.6 Å². The maximum atomic E-state index is 13.5. The van der Waals surface area contributed by atoms with Gasteiger partial charge in [-0.15, -0.1) is 0 Å². The van der Waals surface area contributed by atoms with Crippen molar-refractivity contribution in [3.8, 4) is 11.3 Å². The van der Waals surface area contributed by atoms with Gasteiger partial charge in [-0.3, -0.25) is 4.79 Å². The minimum Gasteiger partial charge on any atom is -0.358 e. The van der Waals surface area contributed by atoms with Gasteiger partial charge in [0.15, 0.2) is 5.82 Å². The molecule has 1 aliphatic heterocycles. The molecule has 1 aliphatic rings. The summed E-state index contributed by atoms with van der Waals surface area (Å²) in [6.45, 7) is 4.34. The molecule has 1 saturated heterocycles. The second kappa shape index (κ2) is 10.2. The Kier molecular flexibility index (Phi) is 7.39. The predicted octanol–water partition coefficient (Wildman–Crippen LogP) is 3.92. The molecule has 37 heavy (non-hydrogen) atoms. The molecule has 1 amide bonds. The first-order chi connectivity index (χ1) is 17.4. The quantitative estimate of drug-likeness (QED) is 0.431. The van der Waals surface area contributed by atoms with Crippen molar-refractivity contribution >= 4 is 22.2 Å². The fourth-order valence-electron chi connectivity index (χ4n) is 3.92. The van der Waals surface area contributed by atoms with Crippen molar-refractivity contribution in [2.24, 2.45) is 0 Å². The standard InChI is InChI=1S/C21H22F6N8OS/c1-3-4-14-30-11-34(32-14)10-15(36)35-6-5-33(9-12(35)2)17-16(31-19(37-17)21(25,26)27)13-7-28-18(29-8-13)20(22,23)24/h7-8,11-12H,3-6,9-10H2,1-2H3. The number of aromatic nitrogens is 6. The van der Waals surface area contributed by atoms with Crippen LogP contribution in [0, 0.1) is 0 Å². The Morgan fingerprint density at radius 1 is 1.08 bits per heavy atom. The van der Waals surface area contributed by atoms with Gasteiger partial charge < -0.3 is 9.80 Å². The zero-order chi connectivity index (χ0) is 27.0. The second-order valence-corrected chi connectivity index (χ2v) is 9.43. The van der Waals surface area contributed by atoms with Gasteiger partial charge in [-0.1, -0.05) is 18.3 Å². The molecule has 3 aromatic rings. The highest BCUT2D eigenvalue weighted by molar-refractivity contribution is 7.16. The number of thiazole rings is 1. The third-order valence-corrected chi connectivity index (χ3v) is 6.78. The molecule has 200 valence electrons. The highest BCUT2D eigenvalue weighted by Crippen LogP contribution is 2.43. The molecular weight excluding hydrogens is 526 g/mol. The van der Waals surface area contributed by atoms with Crippen molar-refractivity contribution in [3.63, 3.8) is 0 Å². The number of piperazine rings is 1. The number of carbonyl (C=O) groups excluding carboxylic acids is 1. The van der Waals surface area contributed by atoms with Gasteiger partial charge in [0.05, 0.1) is 0 Å². The maximum absolute atomic E-state index is 13.5. The SMILES string of the molecule is CCCc1ncn(CC(=O)N2CCN(c3sc(C(F)(F)F)nc3-c3cnc(C(F)(F)F)nc3)CC2C)n1. The topological polar surface area (TPSA) is 92.9 Å². The number of carbonyl (C=O) groups is 1. The number of nitrogens with zero attached hydrogens (tertiary/aromatic N) is 8. The third-order valence-electron chi connectivity index (χ3n) is 5.62. The molecule has 0 aromatic carbocycles. The van der Waals surface area contributed by atoms with Gasteiger partial charge in [0, 0.05) is 50.1 Å². The van der Waals surface area contributed by atoms with Crippen LogP contribution in [-0.2, 0) is 30.1 Å². The van der Waals surface area contributed by atoms with E-state index >= 15 is 0 Å². The van der Waals surface area contributed by atoms with E-state index in [0.717, 1.165) is 18.8 Å². The first-order valence-corrected chi connectivity index (χ1v) is 12.1. The zero-order valence-corrected chi connectivity index (χ0v) is 20.5. The van der Waals surface area contributed by atoms with E-state index in [2.05, 4.69) is 25.0 Å². The molecule has 9 nitrogen and oxygen atoms in total. The summed E-state index contributed by atoms with van der Waals surface area (Å²) in [5.74, 6) is -0.977. The van der Waals surface area contributed by atoms with Crippen LogP contribution in [0.25, 0.3) is 11.3 Å². The van der Waals surface area contributed by atoms with E-state index in [4.69, 9.17) is 0 Å². The summed E-state index contributed by atoms with van der Waals surface area (Å²) in [6, 6.07) is -0.368. The number of aryl methyl sites for hydroxylation is 1. The smallest absolute Gasteiger partial charge is 0.358 e. The van der Waals surface area contributed by atoms with E-state index < -0.39 is 23.2 Å². The van der Waals surface area contributed by atoms with Crippen molar-refractivity contribution < 1.29 is 31.1 Å². The number of halogens is 6. The number of hydrogen-bond acceptors (Lipinski definition) is 8. The fraction of sp³-hybridized carbons (Fsp3) is 0.524. The van der Waals surface area contributed by atoms with E-state index in [1.165, 1.54) is 11.0 Å². The van der Waals surface area contributed by atoms with Crippen molar-refractivity contribution in [3.05, 3.63) is 35.4 Å². The summed E-state index contributed by atoms with van der Waals surface area (Å²) in [7, 11) is 0. The summed E-state index contributed by atoms with van der Waals surface area (Å²) in [6.07, 6.45) is -4.88. The summed E-state index contributed by atoms with van der Waals surface area (Å²) in [4.78, 5) is 30.5. The minimum absolute atomic E-state index is 0.0199. The number of hydrogen-bond donors (Lipinski definition) is 0. The average molecular weight is 549 g/mol. The van der Waals surface area contributed by atoms with Crippen molar-refractivity contribution in [1.29, 1.82) is 0 Å². The van der Waals surface area contributed by atoms with Crippen LogP contribution >= 0.6 is 11.3 Å². The largest absolute Gasteiger partial charge is 0.451 e. The lowest BCUT2D eigenvalue weighted by Crippen LogP contribution is -2.54. The molecule has 0 N–H and O–H groups in total. The number of alkyl halides is 6. The van der Waals surface area contributed by atoms with Crippen molar-refractivity contribution in [2.75, 3.05) is 24.5 Å². The molecule has 0 saturated carbocycles. The highest BCUT2D eigenvalue weighted by Gasteiger charge is 2.39. The Morgan fingerprint density at radius 2 is 1.78 bits per heavy atom. The molecule has 3 aromatic heterocycles. The van der Waals surface area contributed by atoms with Crippen LogP contribution in [0.3, 0.4) is 0 Å². The Balaban J connectivity index is 1.53. The Bertz CT molecular complexity index is 1240. The third kappa shape index (κ3) is 5.99. The van der Waals surface area contributed by atoms with Gasteiger partial charge in [0.2, 0.25) is 16.7 Å². The molecule has 1 unspecified atom stereocenters. The van der Waals surface area contributed by atoms with Gasteiger partial charge in [0.1, 0.15) is 23.6 Å². The van der Waals surface area contributed by atoms with Crippen LogP contribution in [-0.4, -0.2) is 66.2 Å². The molecule has 0 radical (unpaired) electrons. The average Bonchev–Trinajstić information content (AvgIpc) is 3.46. The van der Waals surface area contributed by atoms with Crippen LogP contribution < -0.4 is 4.90 Å². The summed E-state index contributed by atoms with van der Waals surface area (Å²) in [5.41, 5.74) is -0.237. The first kappa shape index (κ1) is 26.8. The Hall–Kier alpha value is -3.30. The molecule has 0 bridgehead atoms. The maximum Gasteiger partial charge on any atom is 0.451 e. The van der Waals surface area contributed by atoms with Crippen LogP contribution in [0.4, 0.5) is 31.3 Å². The summed E-state index contributed by atoms with van der Waals surface area (Å²) < 4.78 is 80.4. The predicted molar refractivity (Wildman–Crippen MR) is 121 cm³/mol. The lowest BCUT2D eigenvalue weighted by atomic mass is 10.1. The number of rotatable bonds is 6. The molecule has 1 atom stereocenters. The Labute approximate surface area is 211 Å². The van der Waals surface area contributed by atoms with Gasteiger partial charge in [-0.25, -0.2) is 24.6 Å². The molecular formula is C21H22F6N8OS. The van der Waals surface area contributed by atoms with E-state index in [9.17, 15) is 31.1 Å². The van der Waals surface area contributed by atoms with Gasteiger partial charge in [-0.2, -0.15) is 31.4 Å². The highest BCUT2D eigenvalue weighted by atomic mass is 32.1. The monoisotopic (exact) mass is 548 g/mol. The summed E-state index contributed by atoms with van der Waals surface area (Å²) in [5, 5.41) is 3.25. The molecule has 4 heterocycles. The second-order valence-electron chi connectivity index (χ2n) is 8.45. The van der Waals surface area contributed by atoms with Crippen LogP contribution in [0.2, 0.25) is 0 Å². The Morgan fingerprint density at radius 3 is 2.38 bits per heavy atom. The van der Waals surface area contributed by atoms with E-state index in [1.807, 2.05) is 6.92 Å². The normalized spacial score (nSPS) is 16.9. The zero-order valence-electron chi connectivity index (χ0n) is 19.7. The molecule has 16 heteroatoms. The lowest BCUT2D eigenvalue weighted by molar-refractivity contribution is -0.145. The van der Waals surface area contributed by atoms with E-state index in [-0.39, 0.29) is 54.4 Å². The van der Waals surface area contributed by atoms with E-state index in [1.54, 1.807) is 16.7 Å². The van der Waals surface area contributed by atoms with Gasteiger partial charge in [-0.05, 0) is 13.3 Å². The molecule has 1 fully saturated rings. The van der Waals surface area contributed by atoms with Crippen molar-refractivity contribution in [1.82, 2.24) is 34.6 Å². The molecule has 0 spiro atoms.